The molecule has 0 atom stereocenters. The number of carbonyl (C=O) groups excluding carboxylic acids is 1. The average Bonchev–Trinajstić information content (AvgIpc) is 2.52. The molecule has 0 bridgehead atoms. The predicted octanol–water partition coefficient (Wildman–Crippen LogP) is 4.24. The number of hydrogen-bond donors (Lipinski definition) is 1. The summed E-state index contributed by atoms with van der Waals surface area (Å²) in [6.45, 7) is 2.46. The topological polar surface area (TPSA) is 50.7 Å². The Labute approximate surface area is 136 Å². The zero-order valence-corrected chi connectivity index (χ0v) is 13.8. The van der Waals surface area contributed by atoms with Gasteiger partial charge in [0, 0.05) is 17.2 Å². The Morgan fingerprint density at radius 1 is 1.32 bits per heavy atom. The summed E-state index contributed by atoms with van der Waals surface area (Å²) in [4.78, 5) is 11.7. The van der Waals surface area contributed by atoms with E-state index in [1.807, 2.05) is 19.1 Å². The molecule has 1 N–H and O–H groups in total. The molecule has 0 radical (unpaired) electrons. The molecule has 0 heterocycles. The Bertz CT molecular complexity index is 535. The van der Waals surface area contributed by atoms with Gasteiger partial charge in [0.2, 0.25) is 5.91 Å². The smallest absolute Gasteiger partial charge is 0.240 e. The molecule has 2 rings (SSSR count). The SMILES string of the molecule is Cc1cc(Cl)ccc1OCCCC(=O)NN=C1CCCCC1. The van der Waals surface area contributed by atoms with E-state index in [-0.39, 0.29) is 5.91 Å². The van der Waals surface area contributed by atoms with Gasteiger partial charge in [-0.2, -0.15) is 5.10 Å². The van der Waals surface area contributed by atoms with E-state index in [2.05, 4.69) is 10.5 Å². The molecule has 0 unspecified atom stereocenters. The van der Waals surface area contributed by atoms with Crippen LogP contribution in [0.15, 0.2) is 23.3 Å². The number of ether oxygens (including phenoxy) is 1. The zero-order valence-electron chi connectivity index (χ0n) is 13.0. The fourth-order valence-electron chi connectivity index (χ4n) is 2.46. The van der Waals surface area contributed by atoms with Crippen molar-refractivity contribution in [3.8, 4) is 5.75 Å². The Balaban J connectivity index is 1.64. The van der Waals surface area contributed by atoms with Crippen LogP contribution in [0.25, 0.3) is 0 Å². The standard InChI is InChI=1S/C17H23ClN2O2/c1-13-12-14(18)9-10-16(13)22-11-5-8-17(21)20-19-15-6-3-2-4-7-15/h9-10,12H,2-8,11H2,1H3,(H,20,21). The van der Waals surface area contributed by atoms with Crippen molar-refractivity contribution >= 4 is 23.2 Å². The van der Waals surface area contributed by atoms with Crippen molar-refractivity contribution in [3.63, 3.8) is 0 Å². The normalized spacial score (nSPS) is 14.5. The van der Waals surface area contributed by atoms with Crippen LogP contribution in [0.5, 0.6) is 5.75 Å². The second kappa shape index (κ2) is 8.79. The Morgan fingerprint density at radius 3 is 2.82 bits per heavy atom. The third-order valence-corrected chi connectivity index (χ3v) is 3.95. The number of benzene rings is 1. The number of nitrogens with one attached hydrogen (secondary N) is 1. The first-order chi connectivity index (χ1) is 10.6. The first-order valence-corrected chi connectivity index (χ1v) is 8.26. The average molecular weight is 323 g/mol. The molecule has 0 saturated heterocycles. The molecule has 1 aliphatic carbocycles. The largest absolute Gasteiger partial charge is 0.493 e. The van der Waals surface area contributed by atoms with E-state index >= 15 is 0 Å². The van der Waals surface area contributed by atoms with E-state index in [0.29, 0.717) is 24.5 Å². The van der Waals surface area contributed by atoms with Crippen LogP contribution in [0.1, 0.15) is 50.5 Å². The number of halogens is 1. The summed E-state index contributed by atoms with van der Waals surface area (Å²) >= 11 is 5.90. The Hall–Kier alpha value is -1.55. The maximum absolute atomic E-state index is 11.7. The lowest BCUT2D eigenvalue weighted by molar-refractivity contribution is -0.121. The van der Waals surface area contributed by atoms with Gasteiger partial charge < -0.3 is 4.74 Å². The number of nitrogens with zero attached hydrogens (tertiary/aromatic N) is 1. The molecule has 5 heteroatoms. The second-order valence-electron chi connectivity index (χ2n) is 5.64. The highest BCUT2D eigenvalue weighted by Crippen LogP contribution is 2.21. The van der Waals surface area contributed by atoms with Crippen LogP contribution < -0.4 is 10.2 Å². The van der Waals surface area contributed by atoms with E-state index in [1.165, 1.54) is 19.3 Å². The summed E-state index contributed by atoms with van der Waals surface area (Å²) in [5.41, 5.74) is 4.76. The number of rotatable bonds is 6. The van der Waals surface area contributed by atoms with Crippen LogP contribution in [-0.2, 0) is 4.79 Å². The molecule has 0 aliphatic heterocycles. The highest BCUT2D eigenvalue weighted by molar-refractivity contribution is 6.30. The molecule has 0 spiro atoms. The lowest BCUT2D eigenvalue weighted by Crippen LogP contribution is -2.21. The van der Waals surface area contributed by atoms with Gasteiger partial charge in [-0.1, -0.05) is 18.0 Å². The summed E-state index contributed by atoms with van der Waals surface area (Å²) in [5, 5.41) is 4.91. The molecule has 1 amide bonds. The van der Waals surface area contributed by atoms with Crippen LogP contribution in [0.4, 0.5) is 0 Å². The molecule has 1 fully saturated rings. The van der Waals surface area contributed by atoms with Crippen molar-refractivity contribution in [3.05, 3.63) is 28.8 Å². The highest BCUT2D eigenvalue weighted by atomic mass is 35.5. The number of carbonyl (C=O) groups is 1. The van der Waals surface area contributed by atoms with E-state index in [1.54, 1.807) is 6.07 Å². The molecule has 22 heavy (non-hydrogen) atoms. The quantitative estimate of drug-likeness (QED) is 0.629. The van der Waals surface area contributed by atoms with Gasteiger partial charge >= 0.3 is 0 Å². The molecular weight excluding hydrogens is 300 g/mol. The summed E-state index contributed by atoms with van der Waals surface area (Å²) in [7, 11) is 0. The Morgan fingerprint density at radius 2 is 2.09 bits per heavy atom. The van der Waals surface area contributed by atoms with E-state index in [0.717, 1.165) is 29.9 Å². The minimum Gasteiger partial charge on any atom is -0.493 e. The van der Waals surface area contributed by atoms with Gasteiger partial charge in [0.1, 0.15) is 5.75 Å². The maximum atomic E-state index is 11.7. The van der Waals surface area contributed by atoms with Gasteiger partial charge in [0.15, 0.2) is 0 Å². The minimum atomic E-state index is -0.0468. The van der Waals surface area contributed by atoms with Crippen LogP contribution in [0, 0.1) is 6.92 Å². The zero-order chi connectivity index (χ0) is 15.8. The number of hydrogen-bond acceptors (Lipinski definition) is 3. The Kier molecular flexibility index (Phi) is 6.72. The van der Waals surface area contributed by atoms with Gasteiger partial charge in [-0.15, -0.1) is 0 Å². The monoisotopic (exact) mass is 322 g/mol. The third kappa shape index (κ3) is 5.68. The number of aryl methyl sites for hydroxylation is 1. The van der Waals surface area contributed by atoms with Gasteiger partial charge in [-0.05, 0) is 62.8 Å². The summed E-state index contributed by atoms with van der Waals surface area (Å²) < 4.78 is 5.66. The van der Waals surface area contributed by atoms with Crippen molar-refractivity contribution in [2.45, 2.75) is 51.9 Å². The predicted molar refractivity (Wildman–Crippen MR) is 89.6 cm³/mol. The van der Waals surface area contributed by atoms with Crippen molar-refractivity contribution in [2.24, 2.45) is 5.10 Å². The summed E-state index contributed by atoms with van der Waals surface area (Å²) in [5.74, 6) is 0.766. The van der Waals surface area contributed by atoms with Crippen molar-refractivity contribution in [1.82, 2.24) is 5.43 Å². The molecule has 0 aromatic heterocycles. The fourth-order valence-corrected chi connectivity index (χ4v) is 2.69. The van der Waals surface area contributed by atoms with Crippen LogP contribution >= 0.6 is 11.6 Å². The molecule has 1 aliphatic rings. The first kappa shape index (κ1) is 16.8. The molecule has 1 saturated carbocycles. The van der Waals surface area contributed by atoms with Crippen molar-refractivity contribution < 1.29 is 9.53 Å². The fraction of sp³-hybridized carbons (Fsp3) is 0.529. The molecular formula is C17H23ClN2O2. The van der Waals surface area contributed by atoms with E-state index in [9.17, 15) is 4.79 Å². The highest BCUT2D eigenvalue weighted by Gasteiger charge is 2.08. The lowest BCUT2D eigenvalue weighted by atomic mass is 9.99. The molecule has 4 nitrogen and oxygen atoms in total. The van der Waals surface area contributed by atoms with Crippen molar-refractivity contribution in [2.75, 3.05) is 6.61 Å². The van der Waals surface area contributed by atoms with Crippen molar-refractivity contribution in [1.29, 1.82) is 0 Å². The number of amides is 1. The summed E-state index contributed by atoms with van der Waals surface area (Å²) in [6, 6.07) is 5.52. The number of hydrazone groups is 1. The molecule has 120 valence electrons. The summed E-state index contributed by atoms with van der Waals surface area (Å²) in [6.07, 6.45) is 6.75. The van der Waals surface area contributed by atoms with Crippen LogP contribution in [0.2, 0.25) is 5.02 Å². The maximum Gasteiger partial charge on any atom is 0.240 e. The van der Waals surface area contributed by atoms with Crippen LogP contribution in [0.3, 0.4) is 0 Å². The van der Waals surface area contributed by atoms with E-state index in [4.69, 9.17) is 16.3 Å². The van der Waals surface area contributed by atoms with Gasteiger partial charge in [0.25, 0.3) is 0 Å². The van der Waals surface area contributed by atoms with Gasteiger partial charge in [-0.3, -0.25) is 4.79 Å². The third-order valence-electron chi connectivity index (χ3n) is 3.71. The second-order valence-corrected chi connectivity index (χ2v) is 6.07. The van der Waals surface area contributed by atoms with Gasteiger partial charge in [0.05, 0.1) is 6.61 Å². The molecule has 1 aromatic rings. The molecule has 1 aromatic carbocycles. The first-order valence-electron chi connectivity index (χ1n) is 7.88. The minimum absolute atomic E-state index is 0.0468. The van der Waals surface area contributed by atoms with Crippen LogP contribution in [-0.4, -0.2) is 18.2 Å². The lowest BCUT2D eigenvalue weighted by Gasteiger charge is -2.12. The van der Waals surface area contributed by atoms with Gasteiger partial charge in [-0.25, -0.2) is 5.43 Å². The van der Waals surface area contributed by atoms with E-state index < -0.39 is 0 Å².